The van der Waals surface area contributed by atoms with Crippen LogP contribution < -0.4 is 0 Å². The molecule has 0 radical (unpaired) electrons. The lowest BCUT2D eigenvalue weighted by molar-refractivity contribution is -0.136. The topological polar surface area (TPSA) is 95.0 Å². The van der Waals surface area contributed by atoms with Crippen LogP contribution in [0.25, 0.3) is 0 Å². The van der Waals surface area contributed by atoms with Crippen molar-refractivity contribution in [3.63, 3.8) is 0 Å². The van der Waals surface area contributed by atoms with Crippen LogP contribution in [-0.2, 0) is 14.8 Å². The Morgan fingerprint density at radius 1 is 1.04 bits per heavy atom. The fourth-order valence-corrected chi connectivity index (χ4v) is 3.78. The average Bonchev–Trinajstić information content (AvgIpc) is 2.53. The molecule has 1 fully saturated rings. The highest BCUT2D eigenvalue weighted by Gasteiger charge is 2.27. The van der Waals surface area contributed by atoms with E-state index in [0.717, 1.165) is 0 Å². The van der Waals surface area contributed by atoms with E-state index in [-0.39, 0.29) is 23.5 Å². The van der Waals surface area contributed by atoms with Gasteiger partial charge in [-0.1, -0.05) is 12.1 Å². The number of carboxylic acids is 1. The highest BCUT2D eigenvalue weighted by molar-refractivity contribution is 7.89. The van der Waals surface area contributed by atoms with E-state index < -0.39 is 16.0 Å². The standard InChI is InChI=1S/C15H20N2O5S/c1-16-8-10-17(11-9-16)23(21,22)13-4-2-12(3-5-13)14(18)6-7-15(19)20/h2-5H,6-11H2,1H3,(H,19,20). The van der Waals surface area contributed by atoms with Gasteiger partial charge in [0, 0.05) is 38.2 Å². The Morgan fingerprint density at radius 2 is 1.61 bits per heavy atom. The minimum absolute atomic E-state index is 0.0973. The third-order valence-corrected chi connectivity index (χ3v) is 5.76. The van der Waals surface area contributed by atoms with Crippen LogP contribution in [0.15, 0.2) is 29.2 Å². The maximum atomic E-state index is 12.5. The molecule has 1 aromatic carbocycles. The molecule has 8 heteroatoms. The number of aliphatic carboxylic acids is 1. The smallest absolute Gasteiger partial charge is 0.303 e. The summed E-state index contributed by atoms with van der Waals surface area (Å²) < 4.78 is 26.5. The van der Waals surface area contributed by atoms with Crippen molar-refractivity contribution < 1.29 is 23.1 Å². The molecule has 1 aromatic rings. The molecule has 1 aliphatic heterocycles. The molecule has 1 aliphatic rings. The number of sulfonamides is 1. The van der Waals surface area contributed by atoms with Gasteiger partial charge in [-0.2, -0.15) is 4.31 Å². The first-order valence-electron chi connectivity index (χ1n) is 7.34. The lowest BCUT2D eigenvalue weighted by atomic mass is 10.1. The molecule has 2 rings (SSSR count). The summed E-state index contributed by atoms with van der Waals surface area (Å²) in [6.07, 6.45) is -0.333. The van der Waals surface area contributed by atoms with E-state index in [9.17, 15) is 18.0 Å². The Bertz CT molecular complexity index is 676. The molecule has 0 unspecified atom stereocenters. The zero-order chi connectivity index (χ0) is 17.0. The largest absolute Gasteiger partial charge is 0.481 e. The number of benzene rings is 1. The summed E-state index contributed by atoms with van der Waals surface area (Å²) in [4.78, 5) is 24.5. The first kappa shape index (κ1) is 17.6. The van der Waals surface area contributed by atoms with E-state index in [4.69, 9.17) is 5.11 Å². The van der Waals surface area contributed by atoms with Crippen LogP contribution >= 0.6 is 0 Å². The average molecular weight is 340 g/mol. The molecule has 1 heterocycles. The monoisotopic (exact) mass is 340 g/mol. The Labute approximate surface area is 135 Å². The summed E-state index contributed by atoms with van der Waals surface area (Å²) in [7, 11) is -1.61. The lowest BCUT2D eigenvalue weighted by Gasteiger charge is -2.31. The fourth-order valence-electron chi connectivity index (χ4n) is 2.36. The van der Waals surface area contributed by atoms with Crippen molar-refractivity contribution in [1.82, 2.24) is 9.21 Å². The van der Waals surface area contributed by atoms with Crippen LogP contribution in [0, 0.1) is 0 Å². The highest BCUT2D eigenvalue weighted by atomic mass is 32.2. The maximum absolute atomic E-state index is 12.5. The van der Waals surface area contributed by atoms with Crippen LogP contribution in [-0.4, -0.2) is 67.7 Å². The quantitative estimate of drug-likeness (QED) is 0.765. The van der Waals surface area contributed by atoms with Gasteiger partial charge in [-0.3, -0.25) is 9.59 Å². The number of rotatable bonds is 6. The van der Waals surface area contributed by atoms with E-state index in [2.05, 4.69) is 4.90 Å². The Kier molecular flexibility index (Phi) is 5.51. The molecule has 126 valence electrons. The Morgan fingerprint density at radius 3 is 2.13 bits per heavy atom. The number of likely N-dealkylation sites (N-methyl/N-ethyl adjacent to an activating group) is 1. The molecule has 0 saturated carbocycles. The molecule has 0 bridgehead atoms. The molecule has 0 spiro atoms. The van der Waals surface area contributed by atoms with Crippen molar-refractivity contribution in [2.24, 2.45) is 0 Å². The number of Topliss-reactive ketones (excluding diaryl/α,β-unsaturated/α-hetero) is 1. The van der Waals surface area contributed by atoms with Gasteiger partial charge in [-0.15, -0.1) is 0 Å². The molecule has 0 atom stereocenters. The zero-order valence-corrected chi connectivity index (χ0v) is 13.8. The number of carboxylic acid groups (broad SMARTS) is 1. The van der Waals surface area contributed by atoms with E-state index >= 15 is 0 Å². The van der Waals surface area contributed by atoms with Gasteiger partial charge in [-0.05, 0) is 19.2 Å². The molecule has 0 aromatic heterocycles. The second-order valence-corrected chi connectivity index (χ2v) is 7.49. The SMILES string of the molecule is CN1CCN(S(=O)(=O)c2ccc(C(=O)CCC(=O)O)cc2)CC1. The van der Waals surface area contributed by atoms with Crippen LogP contribution in [0.2, 0.25) is 0 Å². The van der Waals surface area contributed by atoms with Gasteiger partial charge < -0.3 is 10.0 Å². The first-order valence-corrected chi connectivity index (χ1v) is 8.78. The van der Waals surface area contributed by atoms with Gasteiger partial charge in [-0.25, -0.2) is 8.42 Å². The van der Waals surface area contributed by atoms with E-state index in [1.165, 1.54) is 28.6 Å². The Hall–Kier alpha value is -1.77. The maximum Gasteiger partial charge on any atom is 0.303 e. The van der Waals surface area contributed by atoms with Crippen molar-refractivity contribution in [3.05, 3.63) is 29.8 Å². The third-order valence-electron chi connectivity index (χ3n) is 3.84. The number of ketones is 1. The van der Waals surface area contributed by atoms with E-state index in [1.54, 1.807) is 0 Å². The number of nitrogens with zero attached hydrogens (tertiary/aromatic N) is 2. The highest BCUT2D eigenvalue weighted by Crippen LogP contribution is 2.18. The van der Waals surface area contributed by atoms with Gasteiger partial charge in [0.05, 0.1) is 11.3 Å². The minimum atomic E-state index is -3.55. The molecule has 1 N–H and O–H groups in total. The second kappa shape index (κ2) is 7.20. The van der Waals surface area contributed by atoms with E-state index in [0.29, 0.717) is 31.7 Å². The molecule has 23 heavy (non-hydrogen) atoms. The van der Waals surface area contributed by atoms with Crippen molar-refractivity contribution >= 4 is 21.8 Å². The van der Waals surface area contributed by atoms with Gasteiger partial charge in [0.2, 0.25) is 10.0 Å². The van der Waals surface area contributed by atoms with Gasteiger partial charge >= 0.3 is 5.97 Å². The van der Waals surface area contributed by atoms with Gasteiger partial charge in [0.25, 0.3) is 0 Å². The van der Waals surface area contributed by atoms with Crippen LogP contribution in [0.5, 0.6) is 0 Å². The summed E-state index contributed by atoms with van der Waals surface area (Å²) in [6.45, 7) is 2.26. The fraction of sp³-hybridized carbons (Fsp3) is 0.467. The predicted molar refractivity (Wildman–Crippen MR) is 83.9 cm³/mol. The summed E-state index contributed by atoms with van der Waals surface area (Å²) in [5.74, 6) is -1.34. The number of piperazine rings is 1. The van der Waals surface area contributed by atoms with Crippen molar-refractivity contribution in [2.45, 2.75) is 17.7 Å². The second-order valence-electron chi connectivity index (χ2n) is 5.55. The predicted octanol–water partition coefficient (Wildman–Crippen LogP) is 0.670. The van der Waals surface area contributed by atoms with E-state index in [1.807, 2.05) is 7.05 Å². The Balaban J connectivity index is 2.09. The van der Waals surface area contributed by atoms with Crippen LogP contribution in [0.1, 0.15) is 23.2 Å². The van der Waals surface area contributed by atoms with Crippen molar-refractivity contribution in [1.29, 1.82) is 0 Å². The summed E-state index contributed by atoms with van der Waals surface area (Å²) in [6, 6.07) is 5.68. The van der Waals surface area contributed by atoms with Crippen molar-refractivity contribution in [3.8, 4) is 0 Å². The number of hydrogen-bond acceptors (Lipinski definition) is 5. The van der Waals surface area contributed by atoms with Gasteiger partial charge in [0.15, 0.2) is 5.78 Å². The number of carbonyl (C=O) groups excluding carboxylic acids is 1. The summed E-state index contributed by atoms with van der Waals surface area (Å²) in [5, 5.41) is 8.58. The first-order chi connectivity index (χ1) is 10.8. The zero-order valence-electron chi connectivity index (χ0n) is 12.9. The summed E-state index contributed by atoms with van der Waals surface area (Å²) >= 11 is 0. The van der Waals surface area contributed by atoms with Crippen molar-refractivity contribution in [2.75, 3.05) is 33.2 Å². The van der Waals surface area contributed by atoms with Gasteiger partial charge in [0.1, 0.15) is 0 Å². The number of hydrogen-bond donors (Lipinski definition) is 1. The molecule has 7 nitrogen and oxygen atoms in total. The molecule has 1 saturated heterocycles. The molecule has 0 aliphatic carbocycles. The normalized spacial score (nSPS) is 17.1. The number of carbonyl (C=O) groups is 2. The minimum Gasteiger partial charge on any atom is -0.481 e. The third kappa shape index (κ3) is 4.37. The summed E-state index contributed by atoms with van der Waals surface area (Å²) in [5.41, 5.74) is 0.323. The van der Waals surface area contributed by atoms with Crippen LogP contribution in [0.4, 0.5) is 0 Å². The molecular formula is C15H20N2O5S. The molecular weight excluding hydrogens is 320 g/mol. The molecule has 0 amide bonds. The van der Waals surface area contributed by atoms with Crippen LogP contribution in [0.3, 0.4) is 0 Å². The lowest BCUT2D eigenvalue weighted by Crippen LogP contribution is -2.46.